The van der Waals surface area contributed by atoms with Crippen molar-refractivity contribution in [1.29, 1.82) is 0 Å². The highest BCUT2D eigenvalue weighted by Gasteiger charge is 2.10. The van der Waals surface area contributed by atoms with Gasteiger partial charge in [-0.2, -0.15) is 0 Å². The molecule has 1 heterocycles. The number of aromatic amines is 1. The monoisotopic (exact) mass is 325 g/mol. The van der Waals surface area contributed by atoms with Gasteiger partial charge >= 0.3 is 11.9 Å². The molecule has 7 heteroatoms. The van der Waals surface area contributed by atoms with Crippen LogP contribution in [0.3, 0.4) is 0 Å². The molecule has 0 bridgehead atoms. The highest BCUT2D eigenvalue weighted by Crippen LogP contribution is 2.20. The van der Waals surface area contributed by atoms with Gasteiger partial charge in [-0.3, -0.25) is 0 Å². The van der Waals surface area contributed by atoms with Gasteiger partial charge in [-0.25, -0.2) is 14.6 Å². The normalized spacial score (nSPS) is 10.5. The van der Waals surface area contributed by atoms with Gasteiger partial charge in [0, 0.05) is 5.69 Å². The van der Waals surface area contributed by atoms with Crippen LogP contribution in [-0.2, 0) is 4.74 Å². The number of aromatic carboxylic acids is 1. The summed E-state index contributed by atoms with van der Waals surface area (Å²) < 4.78 is 4.97. The second kappa shape index (κ2) is 6.41. The summed E-state index contributed by atoms with van der Waals surface area (Å²) in [4.78, 5) is 30.1. The van der Waals surface area contributed by atoms with Crippen molar-refractivity contribution >= 4 is 34.6 Å². The summed E-state index contributed by atoms with van der Waals surface area (Å²) in [5.74, 6) is -0.937. The summed E-state index contributed by atoms with van der Waals surface area (Å²) in [7, 11) is 0. The molecule has 0 aliphatic carbocycles. The van der Waals surface area contributed by atoms with Crippen molar-refractivity contribution in [3.05, 3.63) is 53.6 Å². The number of nitrogens with one attached hydrogen (secondary N) is 2. The summed E-state index contributed by atoms with van der Waals surface area (Å²) >= 11 is 0. The predicted molar refractivity (Wildman–Crippen MR) is 88.7 cm³/mol. The Labute approximate surface area is 137 Å². The number of H-pyrrole nitrogens is 1. The van der Waals surface area contributed by atoms with Gasteiger partial charge in [0.1, 0.15) is 0 Å². The van der Waals surface area contributed by atoms with Gasteiger partial charge in [-0.1, -0.05) is 6.07 Å². The van der Waals surface area contributed by atoms with Gasteiger partial charge in [0.25, 0.3) is 0 Å². The average Bonchev–Trinajstić information content (AvgIpc) is 2.96. The van der Waals surface area contributed by atoms with Gasteiger partial charge in [-0.05, 0) is 43.3 Å². The van der Waals surface area contributed by atoms with E-state index in [2.05, 4.69) is 15.3 Å². The van der Waals surface area contributed by atoms with Crippen LogP contribution in [0.4, 0.5) is 11.6 Å². The molecule has 2 aromatic carbocycles. The molecule has 0 atom stereocenters. The lowest BCUT2D eigenvalue weighted by molar-refractivity contribution is 0.0526. The van der Waals surface area contributed by atoms with Gasteiger partial charge in [0.2, 0.25) is 5.95 Å². The number of aromatic nitrogens is 2. The molecule has 0 aliphatic heterocycles. The number of ether oxygens (including phenoxy) is 1. The number of anilines is 2. The lowest BCUT2D eigenvalue weighted by Gasteiger charge is -2.05. The number of carbonyl (C=O) groups is 2. The van der Waals surface area contributed by atoms with Crippen molar-refractivity contribution in [2.24, 2.45) is 0 Å². The Morgan fingerprint density at radius 3 is 2.79 bits per heavy atom. The first-order valence-corrected chi connectivity index (χ1v) is 7.34. The fraction of sp³-hybridized carbons (Fsp3) is 0.118. The molecule has 1 aromatic heterocycles. The van der Waals surface area contributed by atoms with Gasteiger partial charge < -0.3 is 20.1 Å². The van der Waals surface area contributed by atoms with E-state index in [-0.39, 0.29) is 5.56 Å². The molecule has 0 radical (unpaired) electrons. The van der Waals surface area contributed by atoms with Crippen LogP contribution in [0.1, 0.15) is 27.6 Å². The van der Waals surface area contributed by atoms with Crippen LogP contribution < -0.4 is 5.32 Å². The van der Waals surface area contributed by atoms with Crippen LogP contribution >= 0.6 is 0 Å². The fourth-order valence-corrected chi connectivity index (χ4v) is 2.28. The molecular weight excluding hydrogens is 310 g/mol. The predicted octanol–water partition coefficient (Wildman–Crippen LogP) is 3.18. The summed E-state index contributed by atoms with van der Waals surface area (Å²) in [6.07, 6.45) is 0. The van der Waals surface area contributed by atoms with Gasteiger partial charge in [0.05, 0.1) is 28.8 Å². The molecule has 3 N–H and O–H groups in total. The van der Waals surface area contributed by atoms with Crippen molar-refractivity contribution in [3.63, 3.8) is 0 Å². The van der Waals surface area contributed by atoms with E-state index in [0.717, 1.165) is 0 Å². The van der Waals surface area contributed by atoms with Crippen LogP contribution in [-0.4, -0.2) is 33.6 Å². The number of rotatable bonds is 5. The maximum atomic E-state index is 11.8. The molecule has 3 rings (SSSR count). The summed E-state index contributed by atoms with van der Waals surface area (Å²) in [6.45, 7) is 2.06. The number of hydrogen-bond acceptors (Lipinski definition) is 5. The molecule has 0 aliphatic rings. The smallest absolute Gasteiger partial charge is 0.338 e. The third-order valence-electron chi connectivity index (χ3n) is 3.37. The van der Waals surface area contributed by atoms with Crippen LogP contribution in [0.15, 0.2) is 42.5 Å². The standard InChI is InChI=1S/C17H15N3O4/c1-2-24-16(23)11-4-3-5-12(8-11)18-17-19-13-7-6-10(15(21)22)9-14(13)20-17/h3-9H,2H2,1H3,(H,21,22)(H2,18,19,20). The first kappa shape index (κ1) is 15.5. The van der Waals surface area contributed by atoms with Gasteiger partial charge in [-0.15, -0.1) is 0 Å². The second-order valence-corrected chi connectivity index (χ2v) is 5.05. The zero-order valence-corrected chi connectivity index (χ0v) is 12.9. The third kappa shape index (κ3) is 3.19. The molecule has 0 saturated carbocycles. The van der Waals surface area contributed by atoms with Crippen LogP contribution in [0, 0.1) is 0 Å². The van der Waals surface area contributed by atoms with Crippen molar-refractivity contribution in [2.45, 2.75) is 6.92 Å². The molecule has 3 aromatic rings. The zero-order chi connectivity index (χ0) is 17.1. The minimum absolute atomic E-state index is 0.182. The van der Waals surface area contributed by atoms with Crippen LogP contribution in [0.2, 0.25) is 0 Å². The SMILES string of the molecule is CCOC(=O)c1cccc(Nc2nc3ccc(C(=O)O)cc3[nH]2)c1. The first-order chi connectivity index (χ1) is 11.6. The molecule has 0 saturated heterocycles. The first-order valence-electron chi connectivity index (χ1n) is 7.34. The minimum atomic E-state index is -0.997. The Bertz CT molecular complexity index is 917. The molecule has 0 fully saturated rings. The number of hydrogen-bond donors (Lipinski definition) is 3. The van der Waals surface area contributed by atoms with E-state index in [1.165, 1.54) is 12.1 Å². The number of nitrogens with zero attached hydrogens (tertiary/aromatic N) is 1. The van der Waals surface area contributed by atoms with Gasteiger partial charge in [0.15, 0.2) is 0 Å². The van der Waals surface area contributed by atoms with Crippen LogP contribution in [0.25, 0.3) is 11.0 Å². The van der Waals surface area contributed by atoms with E-state index in [1.807, 2.05) is 0 Å². The van der Waals surface area contributed by atoms with Crippen molar-refractivity contribution < 1.29 is 19.4 Å². The number of benzene rings is 2. The van der Waals surface area contributed by atoms with E-state index >= 15 is 0 Å². The highest BCUT2D eigenvalue weighted by atomic mass is 16.5. The number of fused-ring (bicyclic) bond motifs is 1. The van der Waals surface area contributed by atoms with Crippen molar-refractivity contribution in [2.75, 3.05) is 11.9 Å². The van der Waals surface area contributed by atoms with Crippen LogP contribution in [0.5, 0.6) is 0 Å². The highest BCUT2D eigenvalue weighted by molar-refractivity contribution is 5.93. The number of esters is 1. The Morgan fingerprint density at radius 1 is 1.21 bits per heavy atom. The maximum absolute atomic E-state index is 11.8. The lowest BCUT2D eigenvalue weighted by Crippen LogP contribution is -2.05. The van der Waals surface area contributed by atoms with E-state index in [4.69, 9.17) is 9.84 Å². The molecule has 24 heavy (non-hydrogen) atoms. The third-order valence-corrected chi connectivity index (χ3v) is 3.37. The number of carbonyl (C=O) groups excluding carboxylic acids is 1. The van der Waals surface area contributed by atoms with E-state index in [0.29, 0.717) is 34.8 Å². The summed E-state index contributed by atoms with van der Waals surface area (Å²) in [5, 5.41) is 12.1. The zero-order valence-electron chi connectivity index (χ0n) is 12.9. The second-order valence-electron chi connectivity index (χ2n) is 5.05. The quantitative estimate of drug-likeness (QED) is 0.622. The summed E-state index contributed by atoms with van der Waals surface area (Å²) in [5.41, 5.74) is 2.54. The molecule has 0 unspecified atom stereocenters. The van der Waals surface area contributed by atoms with Crippen molar-refractivity contribution in [3.8, 4) is 0 Å². The molecule has 122 valence electrons. The fourth-order valence-electron chi connectivity index (χ4n) is 2.28. The van der Waals surface area contributed by atoms with E-state index < -0.39 is 11.9 Å². The Balaban J connectivity index is 1.85. The maximum Gasteiger partial charge on any atom is 0.338 e. The molecule has 0 spiro atoms. The summed E-state index contributed by atoms with van der Waals surface area (Å²) in [6, 6.07) is 11.5. The topological polar surface area (TPSA) is 104 Å². The molecule has 0 amide bonds. The Kier molecular flexibility index (Phi) is 4.15. The van der Waals surface area contributed by atoms with E-state index in [1.54, 1.807) is 37.3 Å². The largest absolute Gasteiger partial charge is 0.478 e. The van der Waals surface area contributed by atoms with E-state index in [9.17, 15) is 9.59 Å². The molecule has 7 nitrogen and oxygen atoms in total. The lowest BCUT2D eigenvalue weighted by atomic mass is 10.2. The average molecular weight is 325 g/mol. The number of carboxylic acids is 1. The number of carboxylic acid groups (broad SMARTS) is 1. The minimum Gasteiger partial charge on any atom is -0.478 e. The molecular formula is C17H15N3O4. The van der Waals surface area contributed by atoms with Crippen molar-refractivity contribution in [1.82, 2.24) is 9.97 Å². The Morgan fingerprint density at radius 2 is 2.04 bits per heavy atom. The Hall–Kier alpha value is -3.35. The number of imidazole rings is 1.